The summed E-state index contributed by atoms with van der Waals surface area (Å²) in [6.07, 6.45) is 5.33. The SMILES string of the molecule is Cc1cc(C)c2nc(N=Cc3cccnc3)sc2c1. The lowest BCUT2D eigenvalue weighted by Gasteiger charge is -1.95. The van der Waals surface area contributed by atoms with E-state index in [0.29, 0.717) is 0 Å². The molecule has 0 bridgehead atoms. The van der Waals surface area contributed by atoms with Crippen LogP contribution >= 0.6 is 11.3 Å². The van der Waals surface area contributed by atoms with Crippen LogP contribution in [0.5, 0.6) is 0 Å². The van der Waals surface area contributed by atoms with Crippen molar-refractivity contribution in [3.63, 3.8) is 0 Å². The van der Waals surface area contributed by atoms with E-state index >= 15 is 0 Å². The minimum atomic E-state index is 0.785. The molecule has 19 heavy (non-hydrogen) atoms. The molecule has 0 radical (unpaired) electrons. The molecule has 1 aromatic carbocycles. The molecule has 4 heteroatoms. The first-order chi connectivity index (χ1) is 9.22. The van der Waals surface area contributed by atoms with E-state index in [1.165, 1.54) is 15.8 Å². The predicted molar refractivity (Wildman–Crippen MR) is 80.6 cm³/mol. The summed E-state index contributed by atoms with van der Waals surface area (Å²) in [5.41, 5.74) is 4.49. The Balaban J connectivity index is 1.98. The van der Waals surface area contributed by atoms with Gasteiger partial charge in [0.1, 0.15) is 0 Å². The zero-order valence-corrected chi connectivity index (χ0v) is 11.6. The number of thiazole rings is 1. The second-order valence-electron chi connectivity index (χ2n) is 4.47. The third-order valence-corrected chi connectivity index (χ3v) is 3.74. The van der Waals surface area contributed by atoms with E-state index in [2.05, 4.69) is 40.9 Å². The van der Waals surface area contributed by atoms with Crippen molar-refractivity contribution in [2.24, 2.45) is 4.99 Å². The van der Waals surface area contributed by atoms with Crippen molar-refractivity contribution in [2.75, 3.05) is 0 Å². The second-order valence-corrected chi connectivity index (χ2v) is 5.48. The Hall–Kier alpha value is -2.07. The van der Waals surface area contributed by atoms with E-state index in [0.717, 1.165) is 16.2 Å². The van der Waals surface area contributed by atoms with Gasteiger partial charge in [-0.15, -0.1) is 0 Å². The van der Waals surface area contributed by atoms with Crippen LogP contribution in [0.1, 0.15) is 16.7 Å². The molecule has 0 fully saturated rings. The molecule has 3 aromatic rings. The van der Waals surface area contributed by atoms with Crippen molar-refractivity contribution in [3.8, 4) is 0 Å². The maximum Gasteiger partial charge on any atom is 0.210 e. The number of hydrogen-bond donors (Lipinski definition) is 0. The van der Waals surface area contributed by atoms with Gasteiger partial charge < -0.3 is 0 Å². The van der Waals surface area contributed by atoms with Gasteiger partial charge in [-0.25, -0.2) is 9.98 Å². The first kappa shape index (κ1) is 12.0. The third kappa shape index (κ3) is 2.53. The Morgan fingerprint density at radius 1 is 1.26 bits per heavy atom. The Kier molecular flexibility index (Phi) is 3.09. The number of pyridine rings is 1. The molecule has 2 heterocycles. The molecule has 0 spiro atoms. The third-order valence-electron chi connectivity index (χ3n) is 2.83. The minimum absolute atomic E-state index is 0.785. The topological polar surface area (TPSA) is 38.1 Å². The van der Waals surface area contributed by atoms with Crippen molar-refractivity contribution in [2.45, 2.75) is 13.8 Å². The number of aryl methyl sites for hydroxylation is 2. The van der Waals surface area contributed by atoms with E-state index in [1.54, 1.807) is 29.9 Å². The molecule has 3 rings (SSSR count). The fourth-order valence-electron chi connectivity index (χ4n) is 2.00. The van der Waals surface area contributed by atoms with Gasteiger partial charge in [-0.2, -0.15) is 0 Å². The number of rotatable bonds is 2. The largest absolute Gasteiger partial charge is 0.264 e. The highest BCUT2D eigenvalue weighted by Gasteiger charge is 2.05. The molecule has 0 saturated carbocycles. The number of aromatic nitrogens is 2. The van der Waals surface area contributed by atoms with Crippen LogP contribution in [0.3, 0.4) is 0 Å². The summed E-state index contributed by atoms with van der Waals surface area (Å²) in [7, 11) is 0. The number of aliphatic imine (C=N–C) groups is 1. The summed E-state index contributed by atoms with van der Waals surface area (Å²) >= 11 is 1.62. The summed E-state index contributed by atoms with van der Waals surface area (Å²) in [4.78, 5) is 13.1. The van der Waals surface area contributed by atoms with Gasteiger partial charge in [-0.05, 0) is 37.1 Å². The normalized spacial score (nSPS) is 11.5. The summed E-state index contributed by atoms with van der Waals surface area (Å²) in [6.45, 7) is 4.19. The second kappa shape index (κ2) is 4.90. The van der Waals surface area contributed by atoms with Gasteiger partial charge in [0.2, 0.25) is 5.13 Å². The zero-order valence-electron chi connectivity index (χ0n) is 10.8. The molecule has 0 aliphatic carbocycles. The maximum absolute atomic E-state index is 4.57. The molecule has 0 atom stereocenters. The van der Waals surface area contributed by atoms with Gasteiger partial charge in [0, 0.05) is 24.2 Å². The van der Waals surface area contributed by atoms with Gasteiger partial charge in [-0.1, -0.05) is 23.5 Å². The average molecular weight is 267 g/mol. The number of nitrogens with zero attached hydrogens (tertiary/aromatic N) is 3. The molecule has 0 N–H and O–H groups in total. The van der Waals surface area contributed by atoms with Crippen LogP contribution in [0.2, 0.25) is 0 Å². The zero-order chi connectivity index (χ0) is 13.2. The highest BCUT2D eigenvalue weighted by atomic mass is 32.1. The predicted octanol–water partition coefficient (Wildman–Crippen LogP) is 4.06. The minimum Gasteiger partial charge on any atom is -0.264 e. The molecule has 0 amide bonds. The lowest BCUT2D eigenvalue weighted by atomic mass is 10.1. The monoisotopic (exact) mass is 267 g/mol. The fraction of sp³-hybridized carbons (Fsp3) is 0.133. The van der Waals surface area contributed by atoms with Gasteiger partial charge in [-0.3, -0.25) is 4.98 Å². The van der Waals surface area contributed by atoms with Crippen LogP contribution < -0.4 is 0 Å². The quantitative estimate of drug-likeness (QED) is 0.657. The van der Waals surface area contributed by atoms with Crippen LogP contribution in [-0.4, -0.2) is 16.2 Å². The van der Waals surface area contributed by atoms with Crippen molar-refractivity contribution in [1.82, 2.24) is 9.97 Å². The van der Waals surface area contributed by atoms with E-state index in [-0.39, 0.29) is 0 Å². The molecule has 0 aliphatic heterocycles. The van der Waals surface area contributed by atoms with Crippen molar-refractivity contribution in [1.29, 1.82) is 0 Å². The number of benzene rings is 1. The van der Waals surface area contributed by atoms with E-state index < -0.39 is 0 Å². The Morgan fingerprint density at radius 3 is 2.95 bits per heavy atom. The van der Waals surface area contributed by atoms with Crippen LogP contribution in [0.4, 0.5) is 5.13 Å². The summed E-state index contributed by atoms with van der Waals surface area (Å²) in [5, 5.41) is 0.785. The number of hydrogen-bond acceptors (Lipinski definition) is 4. The smallest absolute Gasteiger partial charge is 0.210 e. The fourth-order valence-corrected chi connectivity index (χ4v) is 2.98. The molecular formula is C15H13N3S. The van der Waals surface area contributed by atoms with E-state index in [4.69, 9.17) is 0 Å². The maximum atomic E-state index is 4.57. The molecule has 2 aromatic heterocycles. The molecule has 94 valence electrons. The van der Waals surface area contributed by atoms with Gasteiger partial charge in [0.05, 0.1) is 10.2 Å². The highest BCUT2D eigenvalue weighted by molar-refractivity contribution is 7.22. The standard InChI is InChI=1S/C15H13N3S/c1-10-6-11(2)14-13(7-10)19-15(18-14)17-9-12-4-3-5-16-8-12/h3-9H,1-2H3. The van der Waals surface area contributed by atoms with Crippen LogP contribution in [0.15, 0.2) is 41.7 Å². The first-order valence-corrected chi connectivity index (χ1v) is 6.86. The molecular weight excluding hydrogens is 254 g/mol. The van der Waals surface area contributed by atoms with Crippen LogP contribution in [-0.2, 0) is 0 Å². The van der Waals surface area contributed by atoms with Gasteiger partial charge in [0.15, 0.2) is 0 Å². The van der Waals surface area contributed by atoms with Gasteiger partial charge in [0.25, 0.3) is 0 Å². The molecule has 0 aliphatic rings. The Morgan fingerprint density at radius 2 is 2.16 bits per heavy atom. The lowest BCUT2D eigenvalue weighted by Crippen LogP contribution is -1.80. The highest BCUT2D eigenvalue weighted by Crippen LogP contribution is 2.30. The van der Waals surface area contributed by atoms with E-state index in [1.807, 2.05) is 12.1 Å². The van der Waals surface area contributed by atoms with Crippen LogP contribution in [0, 0.1) is 13.8 Å². The van der Waals surface area contributed by atoms with Gasteiger partial charge >= 0.3 is 0 Å². The molecule has 0 unspecified atom stereocenters. The number of fused-ring (bicyclic) bond motifs is 1. The van der Waals surface area contributed by atoms with Crippen LogP contribution in [0.25, 0.3) is 10.2 Å². The molecule has 0 saturated heterocycles. The average Bonchev–Trinajstić information content (AvgIpc) is 2.81. The van der Waals surface area contributed by atoms with Crippen molar-refractivity contribution < 1.29 is 0 Å². The van der Waals surface area contributed by atoms with Crippen molar-refractivity contribution in [3.05, 3.63) is 53.3 Å². The summed E-state index contributed by atoms with van der Waals surface area (Å²) < 4.78 is 1.19. The first-order valence-electron chi connectivity index (χ1n) is 6.04. The lowest BCUT2D eigenvalue weighted by molar-refractivity contribution is 1.32. The molecule has 3 nitrogen and oxygen atoms in total. The van der Waals surface area contributed by atoms with Crippen molar-refractivity contribution >= 4 is 32.9 Å². The Bertz CT molecular complexity index is 745. The Labute approximate surface area is 115 Å². The summed E-state index contributed by atoms with van der Waals surface area (Å²) in [5.74, 6) is 0. The van der Waals surface area contributed by atoms with E-state index in [9.17, 15) is 0 Å². The summed E-state index contributed by atoms with van der Waals surface area (Å²) in [6, 6.07) is 8.17.